The summed E-state index contributed by atoms with van der Waals surface area (Å²) in [5.74, 6) is -5.46. The molecule has 0 heterocycles. The number of allylic oxidation sites excluding steroid dienone is 1. The number of hydrogen-bond acceptors (Lipinski definition) is 10. The van der Waals surface area contributed by atoms with Gasteiger partial charge in [-0.2, -0.15) is 0 Å². The van der Waals surface area contributed by atoms with Crippen molar-refractivity contribution in [3.05, 3.63) is 11.6 Å². The Balaban J connectivity index is 1.31. The number of esters is 1. The molecule has 0 aliphatic heterocycles. The molecular formula is C35H51N3O11. The zero-order valence-electron chi connectivity index (χ0n) is 28.8. The Morgan fingerprint density at radius 3 is 2.35 bits per heavy atom. The summed E-state index contributed by atoms with van der Waals surface area (Å²) in [4.78, 5) is 86.2. The SMILES string of the molecule is CC(C)[C@H](NC(=O)CCC(=O)OCC(=O)[C@@]1(O)CC[C@@H]2[C@@H]3CCC4=CC(=O)CC[C@]4(C)[C@@H]3[C@H](O)C[C@@]21C)C(=O)N[C@@H](CCC(N)=O)C(=O)O. The van der Waals surface area contributed by atoms with Gasteiger partial charge in [-0.05, 0) is 80.1 Å². The number of nitrogens with one attached hydrogen (secondary N) is 2. The number of aliphatic carboxylic acids is 1. The molecule has 0 aromatic rings. The highest BCUT2D eigenvalue weighted by Gasteiger charge is 2.68. The summed E-state index contributed by atoms with van der Waals surface area (Å²) in [7, 11) is 0. The van der Waals surface area contributed by atoms with Gasteiger partial charge in [-0.3, -0.25) is 28.8 Å². The lowest BCUT2D eigenvalue weighted by atomic mass is 9.45. The number of primary amides is 1. The molecule has 0 aromatic heterocycles. The summed E-state index contributed by atoms with van der Waals surface area (Å²) >= 11 is 0. The van der Waals surface area contributed by atoms with Gasteiger partial charge < -0.3 is 36.4 Å². The van der Waals surface area contributed by atoms with Crippen molar-refractivity contribution in [2.45, 2.75) is 122 Å². The van der Waals surface area contributed by atoms with Crippen LogP contribution in [0.5, 0.6) is 0 Å². The predicted octanol–water partition coefficient (Wildman–Crippen LogP) is 1.09. The number of nitrogens with two attached hydrogens (primary N) is 1. The Morgan fingerprint density at radius 1 is 1.02 bits per heavy atom. The van der Waals surface area contributed by atoms with Crippen LogP contribution < -0.4 is 16.4 Å². The van der Waals surface area contributed by atoms with Gasteiger partial charge in [-0.1, -0.05) is 33.3 Å². The molecule has 14 nitrogen and oxygen atoms in total. The fourth-order valence-electron chi connectivity index (χ4n) is 9.29. The highest BCUT2D eigenvalue weighted by molar-refractivity contribution is 5.93. The topological polar surface area (TPSA) is 239 Å². The van der Waals surface area contributed by atoms with Gasteiger partial charge in [0.05, 0.1) is 12.5 Å². The van der Waals surface area contributed by atoms with Gasteiger partial charge in [0.25, 0.3) is 0 Å². The van der Waals surface area contributed by atoms with Crippen LogP contribution in [-0.2, 0) is 38.3 Å². The van der Waals surface area contributed by atoms with E-state index < -0.39 is 83.6 Å². The molecule has 4 rings (SSSR count). The normalized spacial score (nSPS) is 33.2. The van der Waals surface area contributed by atoms with E-state index in [1.807, 2.05) is 6.92 Å². The lowest BCUT2D eigenvalue weighted by molar-refractivity contribution is -0.184. The third-order valence-electron chi connectivity index (χ3n) is 12.0. The van der Waals surface area contributed by atoms with E-state index in [1.165, 1.54) is 0 Å². The molecule has 0 radical (unpaired) electrons. The molecule has 0 spiro atoms. The second-order valence-electron chi connectivity index (χ2n) is 15.3. The maximum absolute atomic E-state index is 13.5. The van der Waals surface area contributed by atoms with Crippen molar-refractivity contribution >= 4 is 41.2 Å². The van der Waals surface area contributed by atoms with Crippen molar-refractivity contribution in [3.8, 4) is 0 Å². The molecule has 0 saturated heterocycles. The Bertz CT molecular complexity index is 1410. The van der Waals surface area contributed by atoms with E-state index >= 15 is 0 Å². The number of carboxylic acids is 1. The van der Waals surface area contributed by atoms with Crippen molar-refractivity contribution < 1.29 is 53.6 Å². The quantitative estimate of drug-likeness (QED) is 0.141. The van der Waals surface area contributed by atoms with Crippen LogP contribution in [0.2, 0.25) is 0 Å². The van der Waals surface area contributed by atoms with Crippen molar-refractivity contribution in [1.29, 1.82) is 0 Å². The second kappa shape index (κ2) is 14.7. The van der Waals surface area contributed by atoms with E-state index in [9.17, 15) is 48.9 Å². The number of aliphatic hydroxyl groups is 2. The first kappa shape index (κ1) is 38.2. The molecular weight excluding hydrogens is 638 g/mol. The number of Topliss-reactive ketones (excluding diaryl/α,β-unsaturated/α-hetero) is 1. The highest BCUT2D eigenvalue weighted by Crippen LogP contribution is 2.67. The monoisotopic (exact) mass is 689 g/mol. The molecule has 4 aliphatic rings. The third-order valence-corrected chi connectivity index (χ3v) is 12.0. The van der Waals surface area contributed by atoms with Gasteiger partial charge in [-0.15, -0.1) is 0 Å². The summed E-state index contributed by atoms with van der Waals surface area (Å²) in [6.45, 7) is 6.53. The average molecular weight is 690 g/mol. The molecule has 3 amide bonds. The first-order chi connectivity index (χ1) is 22.8. The standard InChI is InChI=1S/C35H51N3O11/c1-18(2)30(31(45)37-23(32(46)47)7-8-26(36)42)38-27(43)9-10-28(44)49-17-25(41)35(48)14-12-22-21-6-5-19-15-20(39)11-13-33(19,3)29(21)24(40)16-34(22,35)4/h15,18,21-24,29-30,40,48H,5-14,16-17H2,1-4H3,(H2,36,42)(H,37,45)(H,38,43)(H,46,47)/t21-,22+,23-,24+,29-,30-,33-,34-,35-/m0/s1. The number of carbonyl (C=O) groups is 7. The van der Waals surface area contributed by atoms with E-state index in [0.717, 1.165) is 18.4 Å². The predicted molar refractivity (Wildman–Crippen MR) is 173 cm³/mol. The molecule has 49 heavy (non-hydrogen) atoms. The van der Waals surface area contributed by atoms with Crippen LogP contribution in [0, 0.1) is 34.5 Å². The number of carboxylic acid groups (broad SMARTS) is 1. The number of rotatable bonds is 14. The van der Waals surface area contributed by atoms with E-state index in [2.05, 4.69) is 17.6 Å². The van der Waals surface area contributed by atoms with Gasteiger partial charge in [0.15, 0.2) is 12.4 Å². The Labute approximate surface area is 286 Å². The maximum Gasteiger partial charge on any atom is 0.326 e. The van der Waals surface area contributed by atoms with Crippen LogP contribution in [0.1, 0.15) is 98.3 Å². The Morgan fingerprint density at radius 2 is 1.71 bits per heavy atom. The second-order valence-corrected chi connectivity index (χ2v) is 15.3. The van der Waals surface area contributed by atoms with Gasteiger partial charge in [0.2, 0.25) is 23.5 Å². The Hall–Kier alpha value is -3.65. The lowest BCUT2D eigenvalue weighted by Gasteiger charge is -2.60. The number of ketones is 2. The maximum atomic E-state index is 13.5. The first-order valence-corrected chi connectivity index (χ1v) is 17.3. The number of hydrogen-bond donors (Lipinski definition) is 6. The van der Waals surface area contributed by atoms with E-state index in [0.29, 0.717) is 19.3 Å². The van der Waals surface area contributed by atoms with Crippen molar-refractivity contribution in [2.24, 2.45) is 40.2 Å². The van der Waals surface area contributed by atoms with Crippen molar-refractivity contribution in [2.75, 3.05) is 6.61 Å². The molecule has 14 heteroatoms. The summed E-state index contributed by atoms with van der Waals surface area (Å²) in [6, 6.07) is -2.53. The molecule has 272 valence electrons. The van der Waals surface area contributed by atoms with Crippen molar-refractivity contribution in [1.82, 2.24) is 10.6 Å². The molecule has 4 aliphatic carbocycles. The van der Waals surface area contributed by atoms with Gasteiger partial charge in [-0.25, -0.2) is 4.79 Å². The van der Waals surface area contributed by atoms with E-state index in [4.69, 9.17) is 10.5 Å². The number of fused-ring (bicyclic) bond motifs is 5. The van der Waals surface area contributed by atoms with Crippen molar-refractivity contribution in [3.63, 3.8) is 0 Å². The summed E-state index contributed by atoms with van der Waals surface area (Å²) in [6.07, 6.45) is 3.24. The lowest BCUT2D eigenvalue weighted by Crippen LogP contribution is -2.62. The molecule has 0 aromatic carbocycles. The molecule has 7 N–H and O–H groups in total. The molecule has 3 saturated carbocycles. The number of carbonyl (C=O) groups excluding carboxylic acids is 6. The zero-order valence-corrected chi connectivity index (χ0v) is 28.8. The summed E-state index contributed by atoms with van der Waals surface area (Å²) < 4.78 is 5.20. The molecule has 0 unspecified atom stereocenters. The number of aliphatic hydroxyl groups excluding tert-OH is 1. The minimum absolute atomic E-state index is 0.0368. The minimum atomic E-state index is -1.82. The Kier molecular flexibility index (Phi) is 11.4. The van der Waals surface area contributed by atoms with Crippen LogP contribution in [0.4, 0.5) is 0 Å². The summed E-state index contributed by atoms with van der Waals surface area (Å²) in [5.41, 5.74) is 3.10. The number of amides is 3. The highest BCUT2D eigenvalue weighted by atomic mass is 16.5. The average Bonchev–Trinajstić information content (AvgIpc) is 3.29. The van der Waals surface area contributed by atoms with Crippen LogP contribution >= 0.6 is 0 Å². The van der Waals surface area contributed by atoms with Gasteiger partial charge in [0, 0.05) is 24.7 Å². The molecule has 0 bridgehead atoms. The fraction of sp³-hybridized carbons (Fsp3) is 0.743. The van der Waals surface area contributed by atoms with Gasteiger partial charge >= 0.3 is 11.9 Å². The minimum Gasteiger partial charge on any atom is -0.480 e. The zero-order chi connectivity index (χ0) is 36.5. The van der Waals surface area contributed by atoms with Crippen LogP contribution in [0.3, 0.4) is 0 Å². The van der Waals surface area contributed by atoms with Crippen LogP contribution in [0.15, 0.2) is 11.6 Å². The van der Waals surface area contributed by atoms with Crippen LogP contribution in [0.25, 0.3) is 0 Å². The fourth-order valence-corrected chi connectivity index (χ4v) is 9.29. The third kappa shape index (κ3) is 7.59. The van der Waals surface area contributed by atoms with Gasteiger partial charge in [0.1, 0.15) is 17.7 Å². The first-order valence-electron chi connectivity index (χ1n) is 17.3. The van der Waals surface area contributed by atoms with E-state index in [-0.39, 0.29) is 61.1 Å². The smallest absolute Gasteiger partial charge is 0.326 e. The number of ether oxygens (including phenoxy) is 1. The largest absolute Gasteiger partial charge is 0.480 e. The van der Waals surface area contributed by atoms with E-state index in [1.54, 1.807) is 19.9 Å². The van der Waals surface area contributed by atoms with Crippen LogP contribution in [-0.4, -0.2) is 86.9 Å². The molecule has 9 atom stereocenters. The summed E-state index contributed by atoms with van der Waals surface area (Å²) in [5, 5.41) is 37.6. The molecule has 3 fully saturated rings.